The Balaban J connectivity index is 2.46. The molecule has 0 aromatic heterocycles. The van der Waals surface area contributed by atoms with Crippen LogP contribution in [0.5, 0.6) is 0 Å². The molecule has 0 aromatic rings. The van der Waals surface area contributed by atoms with Crippen molar-refractivity contribution in [3.8, 4) is 0 Å². The zero-order valence-corrected chi connectivity index (χ0v) is 8.28. The Labute approximate surface area is 70.6 Å². The minimum atomic E-state index is 0.439. The quantitative estimate of drug-likeness (QED) is 0.645. The summed E-state index contributed by atoms with van der Waals surface area (Å²) < 4.78 is 0. The van der Waals surface area contributed by atoms with Gasteiger partial charge in [-0.3, -0.25) is 0 Å². The van der Waals surface area contributed by atoms with Crippen LogP contribution in [-0.4, -0.2) is 12.6 Å². The van der Waals surface area contributed by atoms with Crippen molar-refractivity contribution in [2.45, 2.75) is 45.6 Å². The van der Waals surface area contributed by atoms with Crippen molar-refractivity contribution in [3.05, 3.63) is 0 Å². The van der Waals surface area contributed by atoms with Gasteiger partial charge in [-0.1, -0.05) is 13.8 Å². The lowest BCUT2D eigenvalue weighted by Crippen LogP contribution is -2.36. The lowest BCUT2D eigenvalue weighted by Gasteiger charge is -2.24. The first kappa shape index (κ1) is 9.05. The third-order valence-electron chi connectivity index (χ3n) is 3.33. The Morgan fingerprint density at radius 1 is 1.45 bits per heavy atom. The van der Waals surface area contributed by atoms with Crippen molar-refractivity contribution in [2.75, 3.05) is 7.05 Å². The third kappa shape index (κ3) is 1.96. The highest BCUT2D eigenvalue weighted by atomic mass is 14.9. The standard InChI is InChI=1S/C10H21N/c1-8(2)9-5-6-10(3,7-9)11-4/h8-9,11H,5-7H2,1-4H3. The highest BCUT2D eigenvalue weighted by Gasteiger charge is 2.34. The van der Waals surface area contributed by atoms with Crippen LogP contribution < -0.4 is 5.32 Å². The van der Waals surface area contributed by atoms with Crippen molar-refractivity contribution in [2.24, 2.45) is 11.8 Å². The minimum Gasteiger partial charge on any atom is -0.315 e. The second-order valence-electron chi connectivity index (χ2n) is 4.56. The van der Waals surface area contributed by atoms with E-state index in [-0.39, 0.29) is 0 Å². The predicted octanol–water partition coefficient (Wildman–Crippen LogP) is 2.42. The molecule has 1 saturated carbocycles. The summed E-state index contributed by atoms with van der Waals surface area (Å²) in [6.45, 7) is 7.02. The van der Waals surface area contributed by atoms with E-state index in [1.165, 1.54) is 19.3 Å². The number of hydrogen-bond donors (Lipinski definition) is 1. The Bertz CT molecular complexity index is 131. The van der Waals surface area contributed by atoms with E-state index < -0.39 is 0 Å². The predicted molar refractivity (Wildman–Crippen MR) is 49.6 cm³/mol. The first-order chi connectivity index (χ1) is 5.07. The van der Waals surface area contributed by atoms with Crippen molar-refractivity contribution >= 4 is 0 Å². The molecular weight excluding hydrogens is 134 g/mol. The lowest BCUT2D eigenvalue weighted by atomic mass is 9.91. The maximum absolute atomic E-state index is 3.43. The van der Waals surface area contributed by atoms with Crippen LogP contribution in [-0.2, 0) is 0 Å². The molecule has 1 nitrogen and oxygen atoms in total. The molecule has 0 radical (unpaired) electrons. The summed E-state index contributed by atoms with van der Waals surface area (Å²) in [5.74, 6) is 1.82. The van der Waals surface area contributed by atoms with Crippen LogP contribution in [0.25, 0.3) is 0 Å². The molecule has 0 aliphatic heterocycles. The van der Waals surface area contributed by atoms with E-state index in [9.17, 15) is 0 Å². The topological polar surface area (TPSA) is 12.0 Å². The summed E-state index contributed by atoms with van der Waals surface area (Å²) in [6.07, 6.45) is 4.13. The van der Waals surface area contributed by atoms with E-state index >= 15 is 0 Å². The highest BCUT2D eigenvalue weighted by molar-refractivity contribution is 4.92. The van der Waals surface area contributed by atoms with Gasteiger partial charge in [-0.2, -0.15) is 0 Å². The Kier molecular flexibility index (Phi) is 2.58. The number of rotatable bonds is 2. The van der Waals surface area contributed by atoms with Gasteiger partial charge in [0, 0.05) is 5.54 Å². The molecule has 1 aliphatic rings. The molecule has 66 valence electrons. The van der Waals surface area contributed by atoms with Crippen LogP contribution in [0.3, 0.4) is 0 Å². The summed E-state index contributed by atoms with van der Waals surface area (Å²) >= 11 is 0. The minimum absolute atomic E-state index is 0.439. The zero-order valence-electron chi connectivity index (χ0n) is 8.28. The number of nitrogens with one attached hydrogen (secondary N) is 1. The van der Waals surface area contributed by atoms with Crippen LogP contribution in [0.15, 0.2) is 0 Å². The summed E-state index contributed by atoms with van der Waals surface area (Å²) in [4.78, 5) is 0. The molecule has 0 bridgehead atoms. The molecule has 0 aromatic carbocycles. The maximum atomic E-state index is 3.43. The van der Waals surface area contributed by atoms with Gasteiger partial charge in [0.25, 0.3) is 0 Å². The van der Waals surface area contributed by atoms with Gasteiger partial charge in [-0.15, -0.1) is 0 Å². The molecular formula is C10H21N. The lowest BCUT2D eigenvalue weighted by molar-refractivity contribution is 0.337. The van der Waals surface area contributed by atoms with Crippen LogP contribution in [0.2, 0.25) is 0 Å². The second-order valence-corrected chi connectivity index (χ2v) is 4.56. The fraction of sp³-hybridized carbons (Fsp3) is 1.00. The Morgan fingerprint density at radius 2 is 2.09 bits per heavy atom. The maximum Gasteiger partial charge on any atom is 0.0153 e. The van der Waals surface area contributed by atoms with Gasteiger partial charge in [-0.25, -0.2) is 0 Å². The summed E-state index contributed by atoms with van der Waals surface area (Å²) in [7, 11) is 2.09. The van der Waals surface area contributed by atoms with Gasteiger partial charge in [0.05, 0.1) is 0 Å². The average molecular weight is 155 g/mol. The van der Waals surface area contributed by atoms with E-state index in [0.717, 1.165) is 11.8 Å². The summed E-state index contributed by atoms with van der Waals surface area (Å²) in [5.41, 5.74) is 0.439. The summed E-state index contributed by atoms with van der Waals surface area (Å²) in [6, 6.07) is 0. The van der Waals surface area contributed by atoms with Gasteiger partial charge in [0.2, 0.25) is 0 Å². The van der Waals surface area contributed by atoms with Crippen LogP contribution in [0.4, 0.5) is 0 Å². The Hall–Kier alpha value is -0.0400. The first-order valence-electron chi connectivity index (χ1n) is 4.76. The molecule has 0 spiro atoms. The van der Waals surface area contributed by atoms with E-state index in [4.69, 9.17) is 0 Å². The molecule has 0 heterocycles. The molecule has 1 heteroatoms. The third-order valence-corrected chi connectivity index (χ3v) is 3.33. The van der Waals surface area contributed by atoms with Gasteiger partial charge in [0.15, 0.2) is 0 Å². The smallest absolute Gasteiger partial charge is 0.0153 e. The largest absolute Gasteiger partial charge is 0.315 e. The fourth-order valence-corrected chi connectivity index (χ4v) is 2.08. The van der Waals surface area contributed by atoms with Gasteiger partial charge in [-0.05, 0) is 45.1 Å². The number of hydrogen-bond acceptors (Lipinski definition) is 1. The summed E-state index contributed by atoms with van der Waals surface area (Å²) in [5, 5.41) is 3.43. The van der Waals surface area contributed by atoms with E-state index in [0.29, 0.717) is 5.54 Å². The van der Waals surface area contributed by atoms with Crippen LogP contribution in [0, 0.1) is 11.8 Å². The van der Waals surface area contributed by atoms with E-state index in [1.807, 2.05) is 0 Å². The molecule has 0 amide bonds. The fourth-order valence-electron chi connectivity index (χ4n) is 2.08. The van der Waals surface area contributed by atoms with Gasteiger partial charge < -0.3 is 5.32 Å². The van der Waals surface area contributed by atoms with E-state index in [1.54, 1.807) is 0 Å². The van der Waals surface area contributed by atoms with Crippen molar-refractivity contribution in [1.29, 1.82) is 0 Å². The molecule has 1 N–H and O–H groups in total. The molecule has 2 unspecified atom stereocenters. The van der Waals surface area contributed by atoms with Crippen molar-refractivity contribution in [3.63, 3.8) is 0 Å². The molecule has 1 rings (SSSR count). The first-order valence-corrected chi connectivity index (χ1v) is 4.76. The van der Waals surface area contributed by atoms with Crippen LogP contribution in [0.1, 0.15) is 40.0 Å². The van der Waals surface area contributed by atoms with E-state index in [2.05, 4.69) is 33.1 Å². The molecule has 1 fully saturated rings. The normalized spacial score (nSPS) is 38.5. The second kappa shape index (κ2) is 3.14. The molecule has 1 aliphatic carbocycles. The molecule has 0 saturated heterocycles. The van der Waals surface area contributed by atoms with Crippen molar-refractivity contribution in [1.82, 2.24) is 5.32 Å². The van der Waals surface area contributed by atoms with Gasteiger partial charge >= 0.3 is 0 Å². The zero-order chi connectivity index (χ0) is 8.48. The SMILES string of the molecule is CNC1(C)CCC(C(C)C)C1. The van der Waals surface area contributed by atoms with Crippen molar-refractivity contribution < 1.29 is 0 Å². The van der Waals surface area contributed by atoms with Gasteiger partial charge in [0.1, 0.15) is 0 Å². The molecule has 11 heavy (non-hydrogen) atoms. The highest BCUT2D eigenvalue weighted by Crippen LogP contribution is 2.37. The monoisotopic (exact) mass is 155 g/mol. The van der Waals surface area contributed by atoms with Crippen LogP contribution >= 0.6 is 0 Å². The average Bonchev–Trinajstić information content (AvgIpc) is 2.33. The Morgan fingerprint density at radius 3 is 2.36 bits per heavy atom. The molecule has 2 atom stereocenters.